The topological polar surface area (TPSA) is 86.7 Å². The lowest BCUT2D eigenvalue weighted by molar-refractivity contribution is -0.133. The number of carboxylic acid groups (broad SMARTS) is 1. The van der Waals surface area contributed by atoms with E-state index in [1.807, 2.05) is 0 Å². The van der Waals surface area contributed by atoms with Crippen LogP contribution in [-0.4, -0.2) is 40.0 Å². The van der Waals surface area contributed by atoms with Crippen LogP contribution in [-0.2, 0) is 9.59 Å². The van der Waals surface area contributed by atoms with Gasteiger partial charge in [-0.3, -0.25) is 9.69 Å². The first kappa shape index (κ1) is 14.6. The van der Waals surface area contributed by atoms with Crippen LogP contribution in [0.15, 0.2) is 11.6 Å². The van der Waals surface area contributed by atoms with Crippen molar-refractivity contribution in [2.24, 2.45) is 5.92 Å². The Labute approximate surface area is 117 Å². The Morgan fingerprint density at radius 2 is 2.05 bits per heavy atom. The third-order valence-corrected chi connectivity index (χ3v) is 4.15. The van der Waals surface area contributed by atoms with Crippen molar-refractivity contribution < 1.29 is 19.5 Å². The second kappa shape index (κ2) is 5.26. The maximum Gasteiger partial charge on any atom is 0.328 e. The highest BCUT2D eigenvalue weighted by Gasteiger charge is 2.51. The molecular formula is C14H20N2O4. The Balaban J connectivity index is 2.11. The summed E-state index contributed by atoms with van der Waals surface area (Å²) in [5.41, 5.74) is -0.283. The minimum absolute atomic E-state index is 0.0360. The Bertz CT molecular complexity index is 476. The molecule has 0 bridgehead atoms. The van der Waals surface area contributed by atoms with Crippen LogP contribution < -0.4 is 5.32 Å². The van der Waals surface area contributed by atoms with Gasteiger partial charge in [-0.15, -0.1) is 0 Å². The highest BCUT2D eigenvalue weighted by atomic mass is 16.4. The van der Waals surface area contributed by atoms with Gasteiger partial charge < -0.3 is 10.4 Å². The molecule has 6 nitrogen and oxygen atoms in total. The van der Waals surface area contributed by atoms with Gasteiger partial charge in [-0.25, -0.2) is 9.59 Å². The molecule has 3 amide bonds. The molecule has 0 aromatic carbocycles. The number of hydrogen-bond donors (Lipinski definition) is 2. The van der Waals surface area contributed by atoms with Gasteiger partial charge in [0.2, 0.25) is 0 Å². The molecule has 0 aromatic rings. The molecule has 2 fully saturated rings. The number of hydrogen-bond acceptors (Lipinski definition) is 3. The molecule has 0 aromatic heterocycles. The molecule has 2 N–H and O–H groups in total. The van der Waals surface area contributed by atoms with Crippen molar-refractivity contribution in [3.8, 4) is 0 Å². The fourth-order valence-electron chi connectivity index (χ4n) is 2.92. The average Bonchev–Trinajstić information content (AvgIpc) is 2.57. The van der Waals surface area contributed by atoms with Gasteiger partial charge in [0.1, 0.15) is 5.54 Å². The van der Waals surface area contributed by atoms with E-state index in [0.29, 0.717) is 24.3 Å². The lowest BCUT2D eigenvalue weighted by Gasteiger charge is -2.33. The minimum Gasteiger partial charge on any atom is -0.478 e. The van der Waals surface area contributed by atoms with E-state index in [-0.39, 0.29) is 12.5 Å². The number of amides is 3. The number of carboxylic acids is 1. The van der Waals surface area contributed by atoms with E-state index in [4.69, 9.17) is 5.11 Å². The van der Waals surface area contributed by atoms with Crippen LogP contribution in [0.5, 0.6) is 0 Å². The predicted molar refractivity (Wildman–Crippen MR) is 72.0 cm³/mol. The molecule has 0 atom stereocenters. The number of nitrogens with zero attached hydrogens (tertiary/aromatic N) is 1. The monoisotopic (exact) mass is 280 g/mol. The number of rotatable bonds is 3. The number of nitrogens with one attached hydrogen (secondary N) is 1. The molecule has 2 rings (SSSR count). The average molecular weight is 280 g/mol. The molecule has 1 aliphatic carbocycles. The number of imide groups is 1. The van der Waals surface area contributed by atoms with Crippen molar-refractivity contribution in [1.29, 1.82) is 0 Å². The molecule has 1 saturated carbocycles. The number of carbonyl (C=O) groups excluding carboxylic acids is 2. The predicted octanol–water partition coefficient (Wildman–Crippen LogP) is 1.52. The molecule has 0 unspecified atom stereocenters. The van der Waals surface area contributed by atoms with Crippen LogP contribution in [0.25, 0.3) is 0 Å². The van der Waals surface area contributed by atoms with Crippen LogP contribution >= 0.6 is 0 Å². The maximum absolute atomic E-state index is 12.5. The fourth-order valence-corrected chi connectivity index (χ4v) is 2.92. The summed E-state index contributed by atoms with van der Waals surface area (Å²) >= 11 is 0. The molecule has 1 spiro atoms. The summed E-state index contributed by atoms with van der Waals surface area (Å²) in [6, 6.07) is -0.414. The maximum atomic E-state index is 12.5. The van der Waals surface area contributed by atoms with Crippen molar-refractivity contribution >= 4 is 17.9 Å². The van der Waals surface area contributed by atoms with Crippen LogP contribution in [0.1, 0.15) is 39.5 Å². The Morgan fingerprint density at radius 3 is 2.60 bits per heavy atom. The minimum atomic E-state index is -1.07. The van der Waals surface area contributed by atoms with Crippen molar-refractivity contribution in [2.45, 2.75) is 45.1 Å². The van der Waals surface area contributed by atoms with Crippen LogP contribution in [0.3, 0.4) is 0 Å². The first-order chi connectivity index (χ1) is 9.34. The zero-order valence-electron chi connectivity index (χ0n) is 11.8. The van der Waals surface area contributed by atoms with Gasteiger partial charge in [-0.1, -0.05) is 6.92 Å². The van der Waals surface area contributed by atoms with Gasteiger partial charge in [0, 0.05) is 6.08 Å². The zero-order chi connectivity index (χ0) is 14.9. The van der Waals surface area contributed by atoms with E-state index in [9.17, 15) is 14.4 Å². The number of urea groups is 1. The van der Waals surface area contributed by atoms with Crippen molar-refractivity contribution in [3.05, 3.63) is 11.6 Å². The first-order valence-electron chi connectivity index (χ1n) is 6.88. The SMILES string of the molecule is CC(=CC(=O)O)CN1C(=O)NC2(CCC(C)CC2)C1=O. The first-order valence-corrected chi connectivity index (χ1v) is 6.88. The van der Waals surface area contributed by atoms with Gasteiger partial charge in [-0.05, 0) is 44.1 Å². The van der Waals surface area contributed by atoms with E-state index in [1.165, 1.54) is 0 Å². The Hall–Kier alpha value is -1.85. The highest BCUT2D eigenvalue weighted by molar-refractivity contribution is 6.07. The molecule has 1 saturated heterocycles. The largest absolute Gasteiger partial charge is 0.478 e. The molecule has 6 heteroatoms. The third kappa shape index (κ3) is 2.69. The van der Waals surface area contributed by atoms with Crippen LogP contribution in [0.4, 0.5) is 4.79 Å². The summed E-state index contributed by atoms with van der Waals surface area (Å²) in [6.07, 6.45) is 4.19. The van der Waals surface area contributed by atoms with Crippen LogP contribution in [0.2, 0.25) is 0 Å². The molecule has 0 radical (unpaired) electrons. The highest BCUT2D eigenvalue weighted by Crippen LogP contribution is 2.36. The molecule has 1 aliphatic heterocycles. The lowest BCUT2D eigenvalue weighted by atomic mass is 9.77. The molecular weight excluding hydrogens is 260 g/mol. The second-order valence-electron chi connectivity index (χ2n) is 5.92. The quantitative estimate of drug-likeness (QED) is 0.606. The number of carbonyl (C=O) groups is 3. The molecule has 2 aliphatic rings. The van der Waals surface area contributed by atoms with Gasteiger partial charge >= 0.3 is 12.0 Å². The zero-order valence-corrected chi connectivity index (χ0v) is 11.8. The van der Waals surface area contributed by atoms with Gasteiger partial charge in [0.15, 0.2) is 0 Å². The van der Waals surface area contributed by atoms with E-state index >= 15 is 0 Å². The van der Waals surface area contributed by atoms with E-state index < -0.39 is 17.5 Å². The number of aliphatic carboxylic acids is 1. The summed E-state index contributed by atoms with van der Waals surface area (Å²) in [5.74, 6) is -0.712. The van der Waals surface area contributed by atoms with Gasteiger partial charge in [0.25, 0.3) is 5.91 Å². The van der Waals surface area contributed by atoms with Gasteiger partial charge in [0.05, 0.1) is 6.54 Å². The molecule has 110 valence electrons. The summed E-state index contributed by atoms with van der Waals surface area (Å²) in [7, 11) is 0. The van der Waals surface area contributed by atoms with E-state index in [1.54, 1.807) is 6.92 Å². The molecule has 1 heterocycles. The van der Waals surface area contributed by atoms with Gasteiger partial charge in [-0.2, -0.15) is 0 Å². The Morgan fingerprint density at radius 1 is 1.45 bits per heavy atom. The van der Waals surface area contributed by atoms with Crippen LogP contribution in [0, 0.1) is 5.92 Å². The normalized spacial score (nSPS) is 30.8. The Kier molecular flexibility index (Phi) is 3.83. The summed E-state index contributed by atoms with van der Waals surface area (Å²) in [4.78, 5) is 36.2. The third-order valence-electron chi connectivity index (χ3n) is 4.15. The molecule has 20 heavy (non-hydrogen) atoms. The van der Waals surface area contributed by atoms with Crippen molar-refractivity contribution in [3.63, 3.8) is 0 Å². The lowest BCUT2D eigenvalue weighted by Crippen LogP contribution is -2.49. The van der Waals surface area contributed by atoms with E-state index in [2.05, 4.69) is 12.2 Å². The van der Waals surface area contributed by atoms with Crippen molar-refractivity contribution in [1.82, 2.24) is 10.2 Å². The summed E-state index contributed by atoms with van der Waals surface area (Å²) in [5, 5.41) is 11.5. The van der Waals surface area contributed by atoms with Crippen molar-refractivity contribution in [2.75, 3.05) is 6.54 Å². The standard InChI is InChI=1S/C14H20N2O4/c1-9-3-5-14(6-4-9)12(19)16(13(20)15-14)8-10(2)7-11(17)18/h7,9H,3-6,8H2,1-2H3,(H,15,20)(H,17,18). The second-order valence-corrected chi connectivity index (χ2v) is 5.92. The van der Waals surface area contributed by atoms with E-state index in [0.717, 1.165) is 23.8 Å². The fraction of sp³-hybridized carbons (Fsp3) is 0.643. The summed E-state index contributed by atoms with van der Waals surface area (Å²) in [6.45, 7) is 3.78. The smallest absolute Gasteiger partial charge is 0.328 e. The summed E-state index contributed by atoms with van der Waals surface area (Å²) < 4.78 is 0.